The third-order valence-electron chi connectivity index (χ3n) is 3.33. The topological polar surface area (TPSA) is 39.2 Å². The zero-order valence-corrected chi connectivity index (χ0v) is 13.5. The molecule has 3 aromatic rings. The van der Waals surface area contributed by atoms with Gasteiger partial charge in [0.1, 0.15) is 6.61 Å². The average molecular weight is 323 g/mol. The largest absolute Gasteiger partial charge is 0.461 e. The number of carbonyl (C=O) groups is 1. The monoisotopic (exact) mass is 323 g/mol. The van der Waals surface area contributed by atoms with Gasteiger partial charge in [0.15, 0.2) is 0 Å². The minimum absolute atomic E-state index is 0.193. The summed E-state index contributed by atoms with van der Waals surface area (Å²) in [5, 5.41) is 0.975. The van der Waals surface area contributed by atoms with Gasteiger partial charge in [-0.25, -0.2) is 4.98 Å². The van der Waals surface area contributed by atoms with Gasteiger partial charge >= 0.3 is 5.97 Å². The minimum atomic E-state index is -0.193. The van der Waals surface area contributed by atoms with E-state index in [1.807, 2.05) is 66.7 Å². The van der Waals surface area contributed by atoms with Crippen LogP contribution in [0.5, 0.6) is 0 Å². The Morgan fingerprint density at radius 1 is 1.09 bits per heavy atom. The molecule has 0 spiro atoms. The maximum Gasteiger partial charge on any atom is 0.306 e. The molecule has 0 amide bonds. The lowest BCUT2D eigenvalue weighted by Gasteiger charge is -2.00. The first-order valence-electron chi connectivity index (χ1n) is 7.53. The maximum absolute atomic E-state index is 11.8. The van der Waals surface area contributed by atoms with E-state index in [0.29, 0.717) is 19.4 Å². The lowest BCUT2D eigenvalue weighted by atomic mass is 10.2. The highest BCUT2D eigenvalue weighted by Gasteiger charge is 2.07. The molecule has 0 N–H and O–H groups in total. The molecule has 0 unspecified atom stereocenters. The van der Waals surface area contributed by atoms with Crippen molar-refractivity contribution in [3.8, 4) is 0 Å². The van der Waals surface area contributed by atoms with E-state index >= 15 is 0 Å². The van der Waals surface area contributed by atoms with Crippen LogP contribution in [0.4, 0.5) is 0 Å². The van der Waals surface area contributed by atoms with E-state index in [4.69, 9.17) is 4.74 Å². The molecule has 2 aromatic carbocycles. The van der Waals surface area contributed by atoms with Crippen LogP contribution in [-0.2, 0) is 16.0 Å². The van der Waals surface area contributed by atoms with Crippen LogP contribution >= 0.6 is 11.3 Å². The molecule has 1 heterocycles. The number of thiazole rings is 1. The fraction of sp³-hybridized carbons (Fsp3) is 0.158. The van der Waals surface area contributed by atoms with Crippen molar-refractivity contribution in [2.75, 3.05) is 6.61 Å². The van der Waals surface area contributed by atoms with Gasteiger partial charge in [-0.05, 0) is 23.8 Å². The van der Waals surface area contributed by atoms with Crippen LogP contribution in [0.3, 0.4) is 0 Å². The number of fused-ring (bicyclic) bond motifs is 1. The number of benzene rings is 2. The number of nitrogens with zero attached hydrogens (tertiary/aromatic N) is 1. The molecular formula is C19H17NO2S. The Bertz CT molecular complexity index is 775. The first-order valence-corrected chi connectivity index (χ1v) is 8.34. The highest BCUT2D eigenvalue weighted by Crippen LogP contribution is 2.22. The minimum Gasteiger partial charge on any atom is -0.461 e. The van der Waals surface area contributed by atoms with Crippen molar-refractivity contribution in [1.29, 1.82) is 0 Å². The number of hydrogen-bond acceptors (Lipinski definition) is 4. The number of aryl methyl sites for hydroxylation is 1. The molecule has 0 aliphatic carbocycles. The van der Waals surface area contributed by atoms with Gasteiger partial charge in [-0.1, -0.05) is 48.5 Å². The molecule has 1 aromatic heterocycles. The lowest BCUT2D eigenvalue weighted by molar-refractivity contribution is -0.142. The van der Waals surface area contributed by atoms with Crippen LogP contribution in [0, 0.1) is 0 Å². The predicted molar refractivity (Wildman–Crippen MR) is 94.4 cm³/mol. The Labute approximate surface area is 139 Å². The molecule has 0 aliphatic heterocycles. The molecule has 0 fully saturated rings. The van der Waals surface area contributed by atoms with E-state index in [0.717, 1.165) is 20.8 Å². The average Bonchev–Trinajstić information content (AvgIpc) is 3.01. The van der Waals surface area contributed by atoms with Gasteiger partial charge in [-0.15, -0.1) is 11.3 Å². The number of para-hydroxylation sites is 1. The summed E-state index contributed by atoms with van der Waals surface area (Å²) in [6, 6.07) is 17.9. The number of rotatable bonds is 6. The van der Waals surface area contributed by atoms with Gasteiger partial charge in [0.25, 0.3) is 0 Å². The van der Waals surface area contributed by atoms with Crippen molar-refractivity contribution in [3.05, 3.63) is 71.2 Å². The fourth-order valence-electron chi connectivity index (χ4n) is 2.20. The number of carbonyl (C=O) groups excluding carboxylic acids is 1. The summed E-state index contributed by atoms with van der Waals surface area (Å²) in [4.78, 5) is 16.3. The van der Waals surface area contributed by atoms with E-state index in [-0.39, 0.29) is 5.97 Å². The molecule has 0 aliphatic rings. The van der Waals surface area contributed by atoms with Gasteiger partial charge in [-0.2, -0.15) is 0 Å². The van der Waals surface area contributed by atoms with Gasteiger partial charge < -0.3 is 4.74 Å². The van der Waals surface area contributed by atoms with Crippen molar-refractivity contribution in [3.63, 3.8) is 0 Å². The van der Waals surface area contributed by atoms with Gasteiger partial charge in [-0.3, -0.25) is 4.79 Å². The van der Waals surface area contributed by atoms with Crippen LogP contribution in [-0.4, -0.2) is 17.6 Å². The molecular weight excluding hydrogens is 306 g/mol. The van der Waals surface area contributed by atoms with E-state index in [1.165, 1.54) is 0 Å². The van der Waals surface area contributed by atoms with Crippen molar-refractivity contribution < 1.29 is 9.53 Å². The summed E-state index contributed by atoms with van der Waals surface area (Å²) in [5.74, 6) is -0.193. The number of ether oxygens (including phenoxy) is 1. The Hall–Kier alpha value is -2.46. The van der Waals surface area contributed by atoms with E-state index in [2.05, 4.69) is 4.98 Å². The van der Waals surface area contributed by atoms with Gasteiger partial charge in [0, 0.05) is 6.42 Å². The molecule has 0 radical (unpaired) electrons. The second kappa shape index (κ2) is 7.70. The van der Waals surface area contributed by atoms with Gasteiger partial charge in [0.2, 0.25) is 0 Å². The summed E-state index contributed by atoms with van der Waals surface area (Å²) in [7, 11) is 0. The third-order valence-corrected chi connectivity index (χ3v) is 4.43. The predicted octanol–water partition coefficient (Wildman–Crippen LogP) is 4.49. The quantitative estimate of drug-likeness (QED) is 0.628. The van der Waals surface area contributed by atoms with E-state index in [1.54, 1.807) is 11.3 Å². The summed E-state index contributed by atoms with van der Waals surface area (Å²) in [5.41, 5.74) is 2.09. The van der Waals surface area contributed by atoms with E-state index < -0.39 is 0 Å². The fourth-order valence-corrected chi connectivity index (χ4v) is 3.16. The van der Waals surface area contributed by atoms with Crippen LogP contribution < -0.4 is 0 Å². The Balaban J connectivity index is 1.43. The zero-order chi connectivity index (χ0) is 15.9. The van der Waals surface area contributed by atoms with Crippen LogP contribution in [0.1, 0.15) is 17.0 Å². The highest BCUT2D eigenvalue weighted by atomic mass is 32.1. The summed E-state index contributed by atoms with van der Waals surface area (Å²) in [6.07, 6.45) is 4.78. The second-order valence-corrected chi connectivity index (χ2v) is 6.19. The molecule has 0 atom stereocenters. The summed E-state index contributed by atoms with van der Waals surface area (Å²) in [6.45, 7) is 0.299. The van der Waals surface area contributed by atoms with Crippen LogP contribution in [0.25, 0.3) is 16.3 Å². The second-order valence-electron chi connectivity index (χ2n) is 5.07. The first-order chi connectivity index (χ1) is 11.3. The SMILES string of the molecule is O=C(CCc1nc2ccccc2s1)OC/C=C/c1ccccc1. The van der Waals surface area contributed by atoms with E-state index in [9.17, 15) is 4.79 Å². The Kier molecular flexibility index (Phi) is 5.17. The molecule has 0 bridgehead atoms. The smallest absolute Gasteiger partial charge is 0.306 e. The summed E-state index contributed by atoms with van der Waals surface area (Å²) >= 11 is 1.63. The van der Waals surface area contributed by atoms with Crippen molar-refractivity contribution >= 4 is 33.6 Å². The first kappa shape index (κ1) is 15.4. The molecule has 3 rings (SSSR count). The Morgan fingerprint density at radius 3 is 2.70 bits per heavy atom. The number of aromatic nitrogens is 1. The third kappa shape index (κ3) is 4.50. The molecule has 116 valence electrons. The molecule has 4 heteroatoms. The molecule has 23 heavy (non-hydrogen) atoms. The standard InChI is InChI=1S/C19H17NO2S/c21-19(22-14-6-9-15-7-2-1-3-8-15)13-12-18-20-16-10-4-5-11-17(16)23-18/h1-11H,12-14H2/b9-6+. The van der Waals surface area contributed by atoms with Gasteiger partial charge in [0.05, 0.1) is 21.6 Å². The lowest BCUT2D eigenvalue weighted by Crippen LogP contribution is -2.05. The number of hydrogen-bond donors (Lipinski definition) is 0. The number of esters is 1. The van der Waals surface area contributed by atoms with Crippen LogP contribution in [0.15, 0.2) is 60.7 Å². The highest BCUT2D eigenvalue weighted by molar-refractivity contribution is 7.18. The maximum atomic E-state index is 11.8. The zero-order valence-electron chi connectivity index (χ0n) is 12.6. The molecule has 0 saturated heterocycles. The van der Waals surface area contributed by atoms with Crippen molar-refractivity contribution in [2.24, 2.45) is 0 Å². The van der Waals surface area contributed by atoms with Crippen LogP contribution in [0.2, 0.25) is 0 Å². The molecule has 0 saturated carbocycles. The molecule has 3 nitrogen and oxygen atoms in total. The summed E-state index contributed by atoms with van der Waals surface area (Å²) < 4.78 is 6.36. The normalized spacial score (nSPS) is 11.1. The van der Waals surface area contributed by atoms with Crippen molar-refractivity contribution in [1.82, 2.24) is 4.98 Å². The van der Waals surface area contributed by atoms with Crippen molar-refractivity contribution in [2.45, 2.75) is 12.8 Å². The Morgan fingerprint density at radius 2 is 1.87 bits per heavy atom.